The number of halogens is 2. The lowest BCUT2D eigenvalue weighted by atomic mass is 10.2. The third-order valence-corrected chi connectivity index (χ3v) is 5.83. The summed E-state index contributed by atoms with van der Waals surface area (Å²) in [6, 6.07) is 12.8. The number of amides is 1. The number of hydrogen-bond acceptors (Lipinski definition) is 4. The molecule has 0 saturated carbocycles. The fourth-order valence-corrected chi connectivity index (χ4v) is 3.81. The van der Waals surface area contributed by atoms with Gasteiger partial charge >= 0.3 is 0 Å². The number of nitrogens with zero attached hydrogens (tertiary/aromatic N) is 1. The molecule has 0 aliphatic carbocycles. The van der Waals surface area contributed by atoms with Gasteiger partial charge in [-0.05, 0) is 48.9 Å². The number of nitrogens with one attached hydrogen (secondary N) is 1. The van der Waals surface area contributed by atoms with Gasteiger partial charge in [0.05, 0.1) is 13.3 Å². The van der Waals surface area contributed by atoms with Gasteiger partial charge in [0.1, 0.15) is 12.4 Å². The molecule has 8 heteroatoms. The maximum absolute atomic E-state index is 13.1. The zero-order valence-electron chi connectivity index (χ0n) is 16.4. The summed E-state index contributed by atoms with van der Waals surface area (Å²) >= 11 is 7.55. The maximum Gasteiger partial charge on any atom is 0.244 e. The van der Waals surface area contributed by atoms with Gasteiger partial charge in [-0.25, -0.2) is 4.39 Å². The summed E-state index contributed by atoms with van der Waals surface area (Å²) in [5, 5.41) is 3.37. The van der Waals surface area contributed by atoms with Crippen LogP contribution in [0.15, 0.2) is 64.4 Å². The number of pyridine rings is 1. The Hall–Kier alpha value is -2.77. The third-order valence-electron chi connectivity index (χ3n) is 4.37. The molecule has 156 valence electrons. The number of aromatic nitrogens is 1. The van der Waals surface area contributed by atoms with Gasteiger partial charge in [0, 0.05) is 33.1 Å². The Kier molecular flexibility index (Phi) is 7.18. The second-order valence-corrected chi connectivity index (χ2v) is 8.04. The fraction of sp³-hybridized carbons (Fsp3) is 0.182. The number of aryl methyl sites for hydroxylation is 1. The van der Waals surface area contributed by atoms with Crippen LogP contribution in [-0.2, 0) is 17.1 Å². The predicted octanol–water partition coefficient (Wildman–Crippen LogP) is 4.89. The number of benzene rings is 2. The highest BCUT2D eigenvalue weighted by atomic mass is 35.5. The SMILES string of the molecule is COc1cn(CC(=O)Nc2ccc(C)c(Cl)c2)c(CSc2ccc(F)cc2)cc1=O. The van der Waals surface area contributed by atoms with Crippen molar-refractivity contribution in [3.8, 4) is 5.75 Å². The fourth-order valence-electron chi connectivity index (χ4n) is 2.73. The minimum Gasteiger partial charge on any atom is -0.491 e. The second kappa shape index (κ2) is 9.82. The van der Waals surface area contributed by atoms with E-state index in [1.54, 1.807) is 28.8 Å². The van der Waals surface area contributed by atoms with Crippen LogP contribution < -0.4 is 15.5 Å². The highest BCUT2D eigenvalue weighted by Gasteiger charge is 2.12. The van der Waals surface area contributed by atoms with Crippen molar-refractivity contribution in [3.63, 3.8) is 0 Å². The largest absolute Gasteiger partial charge is 0.491 e. The minimum atomic E-state index is -0.311. The lowest BCUT2D eigenvalue weighted by molar-refractivity contribution is -0.116. The number of carbonyl (C=O) groups is 1. The van der Waals surface area contributed by atoms with E-state index in [2.05, 4.69) is 5.32 Å². The van der Waals surface area contributed by atoms with Gasteiger partial charge in [-0.15, -0.1) is 11.8 Å². The second-order valence-electron chi connectivity index (χ2n) is 6.58. The highest BCUT2D eigenvalue weighted by Crippen LogP contribution is 2.24. The van der Waals surface area contributed by atoms with Crippen LogP contribution in [0.2, 0.25) is 5.02 Å². The average molecular weight is 447 g/mol. The molecule has 1 amide bonds. The molecule has 1 N–H and O–H groups in total. The van der Waals surface area contributed by atoms with E-state index in [9.17, 15) is 14.0 Å². The standard InChI is InChI=1S/C22H20ClFN2O3S/c1-14-3-6-16(9-19(14)23)25-22(28)12-26-11-21(29-2)20(27)10-17(26)13-30-18-7-4-15(24)5-8-18/h3-11H,12-13H2,1-2H3,(H,25,28). The first-order valence-electron chi connectivity index (χ1n) is 9.07. The Balaban J connectivity index is 1.78. The van der Waals surface area contributed by atoms with Gasteiger partial charge in [-0.2, -0.15) is 0 Å². The zero-order valence-corrected chi connectivity index (χ0v) is 18.0. The van der Waals surface area contributed by atoms with E-state index in [0.717, 1.165) is 10.5 Å². The molecule has 0 aliphatic rings. The molecule has 1 aromatic heterocycles. The first-order valence-corrected chi connectivity index (χ1v) is 10.4. The van der Waals surface area contributed by atoms with E-state index in [0.29, 0.717) is 22.2 Å². The Morgan fingerprint density at radius 3 is 2.60 bits per heavy atom. The van der Waals surface area contributed by atoms with Crippen LogP contribution in [0.4, 0.5) is 10.1 Å². The lowest BCUT2D eigenvalue weighted by Crippen LogP contribution is -2.22. The van der Waals surface area contributed by atoms with Crippen LogP contribution in [0.3, 0.4) is 0 Å². The zero-order chi connectivity index (χ0) is 21.7. The van der Waals surface area contributed by atoms with Gasteiger partial charge in [-0.3, -0.25) is 9.59 Å². The molecule has 1 heterocycles. The molecule has 0 fully saturated rings. The van der Waals surface area contributed by atoms with Crippen LogP contribution in [0.1, 0.15) is 11.3 Å². The van der Waals surface area contributed by atoms with E-state index >= 15 is 0 Å². The van der Waals surface area contributed by atoms with Crippen LogP contribution >= 0.6 is 23.4 Å². The number of methoxy groups -OCH3 is 1. The number of anilines is 1. The quantitative estimate of drug-likeness (QED) is 0.525. The van der Waals surface area contributed by atoms with Crippen LogP contribution in [0.25, 0.3) is 0 Å². The molecule has 0 radical (unpaired) electrons. The molecular weight excluding hydrogens is 427 g/mol. The van der Waals surface area contributed by atoms with Crippen molar-refractivity contribution in [2.75, 3.05) is 12.4 Å². The molecular formula is C22H20ClFN2O3S. The summed E-state index contributed by atoms with van der Waals surface area (Å²) in [5.41, 5.74) is 1.88. The first kappa shape index (κ1) is 21.9. The highest BCUT2D eigenvalue weighted by molar-refractivity contribution is 7.98. The molecule has 3 aromatic rings. The van der Waals surface area contributed by atoms with Crippen LogP contribution in [0, 0.1) is 12.7 Å². The predicted molar refractivity (Wildman–Crippen MR) is 118 cm³/mol. The number of rotatable bonds is 7. The monoisotopic (exact) mass is 446 g/mol. The maximum atomic E-state index is 13.1. The first-order chi connectivity index (χ1) is 14.4. The van der Waals surface area contributed by atoms with Crippen molar-refractivity contribution in [3.05, 3.63) is 87.0 Å². The molecule has 0 unspecified atom stereocenters. The average Bonchev–Trinajstić information content (AvgIpc) is 2.71. The minimum absolute atomic E-state index is 0.0125. The Labute approximate surface area is 182 Å². The smallest absolute Gasteiger partial charge is 0.244 e. The molecule has 0 spiro atoms. The Morgan fingerprint density at radius 1 is 1.20 bits per heavy atom. The molecule has 5 nitrogen and oxygen atoms in total. The van der Waals surface area contributed by atoms with Crippen molar-refractivity contribution in [1.82, 2.24) is 4.57 Å². The van der Waals surface area contributed by atoms with Gasteiger partial charge in [0.15, 0.2) is 5.75 Å². The molecule has 30 heavy (non-hydrogen) atoms. The van der Waals surface area contributed by atoms with E-state index in [1.807, 2.05) is 13.0 Å². The molecule has 0 aliphatic heterocycles. The lowest BCUT2D eigenvalue weighted by Gasteiger charge is -2.15. The van der Waals surface area contributed by atoms with Crippen molar-refractivity contribution in [1.29, 1.82) is 0 Å². The summed E-state index contributed by atoms with van der Waals surface area (Å²) in [5.74, 6) is -0.00642. The van der Waals surface area contributed by atoms with Crippen molar-refractivity contribution >= 4 is 35.0 Å². The number of carbonyl (C=O) groups excluding carboxylic acids is 1. The number of thioether (sulfide) groups is 1. The Bertz CT molecular complexity index is 1120. The number of ether oxygens (including phenoxy) is 1. The molecule has 3 rings (SSSR count). The van der Waals surface area contributed by atoms with Crippen LogP contribution in [0.5, 0.6) is 5.75 Å². The summed E-state index contributed by atoms with van der Waals surface area (Å²) in [4.78, 5) is 25.6. The van der Waals surface area contributed by atoms with E-state index in [4.69, 9.17) is 16.3 Å². The number of hydrogen-bond donors (Lipinski definition) is 1. The van der Waals surface area contributed by atoms with Crippen molar-refractivity contribution in [2.45, 2.75) is 24.1 Å². The van der Waals surface area contributed by atoms with Gasteiger partial charge in [0.2, 0.25) is 11.3 Å². The molecule has 0 saturated heterocycles. The summed E-state index contributed by atoms with van der Waals surface area (Å²) < 4.78 is 19.9. The summed E-state index contributed by atoms with van der Waals surface area (Å²) in [6.07, 6.45) is 1.52. The molecule has 2 aromatic carbocycles. The Morgan fingerprint density at radius 2 is 1.93 bits per heavy atom. The summed E-state index contributed by atoms with van der Waals surface area (Å²) in [6.45, 7) is 1.87. The topological polar surface area (TPSA) is 60.3 Å². The molecule has 0 bridgehead atoms. The third kappa shape index (κ3) is 5.64. The van der Waals surface area contributed by atoms with E-state index < -0.39 is 0 Å². The van der Waals surface area contributed by atoms with Gasteiger partial charge < -0.3 is 14.6 Å². The summed E-state index contributed by atoms with van der Waals surface area (Å²) in [7, 11) is 1.41. The van der Waals surface area contributed by atoms with Crippen molar-refractivity contribution < 1.29 is 13.9 Å². The van der Waals surface area contributed by atoms with E-state index in [1.165, 1.54) is 43.3 Å². The normalized spacial score (nSPS) is 10.7. The van der Waals surface area contributed by atoms with Gasteiger partial charge in [-0.1, -0.05) is 17.7 Å². The molecule has 0 atom stereocenters. The van der Waals surface area contributed by atoms with Crippen molar-refractivity contribution in [2.24, 2.45) is 0 Å². The van der Waals surface area contributed by atoms with Crippen LogP contribution in [-0.4, -0.2) is 17.6 Å². The van der Waals surface area contributed by atoms with E-state index in [-0.39, 0.29) is 29.4 Å². The van der Waals surface area contributed by atoms with Gasteiger partial charge in [0.25, 0.3) is 0 Å².